The van der Waals surface area contributed by atoms with Crippen LogP contribution in [0.3, 0.4) is 0 Å². The molecule has 1 aromatic carbocycles. The molecule has 2 aromatic heterocycles. The molecule has 0 saturated heterocycles. The van der Waals surface area contributed by atoms with Crippen LogP contribution in [0.2, 0.25) is 0 Å². The van der Waals surface area contributed by atoms with Crippen molar-refractivity contribution in [2.75, 3.05) is 18.6 Å². The van der Waals surface area contributed by atoms with Crippen molar-refractivity contribution in [2.24, 2.45) is 0 Å². The van der Waals surface area contributed by atoms with Gasteiger partial charge in [0.05, 0.1) is 17.5 Å². The molecule has 4 nitrogen and oxygen atoms in total. The molecule has 0 saturated carbocycles. The molecule has 3 aromatic rings. The summed E-state index contributed by atoms with van der Waals surface area (Å²) in [6.45, 7) is 0.687. The molecule has 1 aliphatic rings. The number of carbonyl (C=O) groups is 1. The lowest BCUT2D eigenvalue weighted by atomic mass is 10.1. The van der Waals surface area contributed by atoms with Crippen LogP contribution in [-0.2, 0) is 6.42 Å². The van der Waals surface area contributed by atoms with Crippen molar-refractivity contribution in [3.63, 3.8) is 0 Å². The van der Waals surface area contributed by atoms with Gasteiger partial charge >= 0.3 is 0 Å². The van der Waals surface area contributed by atoms with Gasteiger partial charge in [0.15, 0.2) is 0 Å². The Kier molecular flexibility index (Phi) is 3.08. The molecule has 0 unspecified atom stereocenters. The zero-order chi connectivity index (χ0) is 15.1. The third-order valence-corrected chi connectivity index (χ3v) is 4.78. The minimum Gasteiger partial charge on any atom is -0.497 e. The fourth-order valence-electron chi connectivity index (χ4n) is 2.79. The second-order valence-electron chi connectivity index (χ2n) is 5.21. The van der Waals surface area contributed by atoms with Gasteiger partial charge in [0, 0.05) is 18.0 Å². The first kappa shape index (κ1) is 13.3. The van der Waals surface area contributed by atoms with Gasteiger partial charge in [-0.2, -0.15) is 0 Å². The van der Waals surface area contributed by atoms with Crippen LogP contribution < -0.4 is 9.64 Å². The number of pyridine rings is 1. The first-order chi connectivity index (χ1) is 10.8. The van der Waals surface area contributed by atoms with Gasteiger partial charge in [-0.05, 0) is 41.6 Å². The number of thiophene rings is 1. The first-order valence-electron chi connectivity index (χ1n) is 7.09. The Hall–Kier alpha value is -2.40. The van der Waals surface area contributed by atoms with Crippen LogP contribution in [0.4, 0.5) is 5.82 Å². The maximum atomic E-state index is 12.6. The molecule has 22 heavy (non-hydrogen) atoms. The standard InChI is InChI=1S/C17H14N2O2S/c1-21-13-5-4-11-9-12-6-7-19(16(12)18-14(11)10-13)17(20)15-3-2-8-22-15/h2-5,8-10H,6-7H2,1H3. The van der Waals surface area contributed by atoms with Crippen LogP contribution in [0.25, 0.3) is 10.9 Å². The number of nitrogens with zero attached hydrogens (tertiary/aromatic N) is 2. The largest absolute Gasteiger partial charge is 0.497 e. The highest BCUT2D eigenvalue weighted by molar-refractivity contribution is 7.12. The lowest BCUT2D eigenvalue weighted by molar-refractivity contribution is 0.0992. The number of aromatic nitrogens is 1. The molecule has 0 spiro atoms. The molecule has 0 N–H and O–H groups in total. The Morgan fingerprint density at radius 3 is 3.00 bits per heavy atom. The summed E-state index contributed by atoms with van der Waals surface area (Å²) in [5.74, 6) is 1.58. The number of hydrogen-bond donors (Lipinski definition) is 0. The molecular weight excluding hydrogens is 296 g/mol. The summed E-state index contributed by atoms with van der Waals surface area (Å²) < 4.78 is 5.26. The number of benzene rings is 1. The summed E-state index contributed by atoms with van der Waals surface area (Å²) in [6, 6.07) is 11.7. The molecule has 5 heteroatoms. The van der Waals surface area contributed by atoms with Crippen LogP contribution in [0.5, 0.6) is 5.75 Å². The van der Waals surface area contributed by atoms with Crippen LogP contribution in [0.15, 0.2) is 41.8 Å². The Bertz CT molecular complexity index is 858. The number of fused-ring (bicyclic) bond motifs is 2. The minimum absolute atomic E-state index is 0.0310. The van der Waals surface area contributed by atoms with E-state index in [4.69, 9.17) is 9.72 Å². The van der Waals surface area contributed by atoms with Crippen molar-refractivity contribution in [3.05, 3.63) is 52.2 Å². The second kappa shape index (κ2) is 5.10. The predicted octanol–water partition coefficient (Wildman–Crippen LogP) is 3.51. The third-order valence-electron chi connectivity index (χ3n) is 3.92. The van der Waals surface area contributed by atoms with Crippen LogP contribution >= 0.6 is 11.3 Å². The average Bonchev–Trinajstić information content (AvgIpc) is 3.21. The normalized spacial score (nSPS) is 13.4. The molecule has 1 aliphatic heterocycles. The molecule has 0 aliphatic carbocycles. The van der Waals surface area contributed by atoms with Crippen LogP contribution in [0.1, 0.15) is 15.2 Å². The van der Waals surface area contributed by atoms with Crippen molar-refractivity contribution in [2.45, 2.75) is 6.42 Å². The maximum Gasteiger partial charge on any atom is 0.269 e. The van der Waals surface area contributed by atoms with Crippen molar-refractivity contribution < 1.29 is 9.53 Å². The van der Waals surface area contributed by atoms with Crippen LogP contribution in [0, 0.1) is 0 Å². The van der Waals surface area contributed by atoms with E-state index in [1.807, 2.05) is 35.7 Å². The van der Waals surface area contributed by atoms with E-state index < -0.39 is 0 Å². The molecule has 0 fully saturated rings. The molecular formula is C17H14N2O2S. The Balaban J connectivity index is 1.80. The fraction of sp³-hybridized carbons (Fsp3) is 0.176. The zero-order valence-corrected chi connectivity index (χ0v) is 12.9. The lowest BCUT2D eigenvalue weighted by Crippen LogP contribution is -2.28. The van der Waals surface area contributed by atoms with Crippen molar-refractivity contribution in [3.8, 4) is 5.75 Å². The van der Waals surface area contributed by atoms with E-state index in [1.165, 1.54) is 11.3 Å². The second-order valence-corrected chi connectivity index (χ2v) is 6.16. The van der Waals surface area contributed by atoms with Crippen LogP contribution in [-0.4, -0.2) is 24.5 Å². The fourth-order valence-corrected chi connectivity index (χ4v) is 3.47. The van der Waals surface area contributed by atoms with Gasteiger partial charge in [-0.1, -0.05) is 6.07 Å². The smallest absolute Gasteiger partial charge is 0.269 e. The molecule has 3 heterocycles. The Morgan fingerprint density at radius 2 is 2.23 bits per heavy atom. The maximum absolute atomic E-state index is 12.6. The van der Waals surface area contributed by atoms with Crippen molar-refractivity contribution >= 4 is 34.0 Å². The zero-order valence-electron chi connectivity index (χ0n) is 12.1. The summed E-state index contributed by atoms with van der Waals surface area (Å²) in [6.07, 6.45) is 0.849. The molecule has 4 rings (SSSR count). The number of hydrogen-bond acceptors (Lipinski definition) is 4. The van der Waals surface area contributed by atoms with E-state index in [9.17, 15) is 4.79 Å². The number of anilines is 1. The first-order valence-corrected chi connectivity index (χ1v) is 7.97. The highest BCUT2D eigenvalue weighted by Gasteiger charge is 2.28. The summed E-state index contributed by atoms with van der Waals surface area (Å²) in [4.78, 5) is 19.8. The monoisotopic (exact) mass is 310 g/mol. The SMILES string of the molecule is COc1ccc2cc3c(nc2c1)N(C(=O)c1cccs1)CC3. The summed E-state index contributed by atoms with van der Waals surface area (Å²) in [5, 5.41) is 2.99. The van der Waals surface area contributed by atoms with Gasteiger partial charge in [-0.3, -0.25) is 9.69 Å². The third kappa shape index (κ3) is 2.05. The number of ether oxygens (including phenoxy) is 1. The average molecular weight is 310 g/mol. The van der Waals surface area contributed by atoms with Gasteiger partial charge in [0.2, 0.25) is 0 Å². The van der Waals surface area contributed by atoms with Gasteiger partial charge in [-0.15, -0.1) is 11.3 Å². The van der Waals surface area contributed by atoms with E-state index in [1.54, 1.807) is 12.0 Å². The van der Waals surface area contributed by atoms with Crippen molar-refractivity contribution in [1.82, 2.24) is 4.98 Å². The highest BCUT2D eigenvalue weighted by atomic mass is 32.1. The molecule has 110 valence electrons. The van der Waals surface area contributed by atoms with Gasteiger partial charge in [0.1, 0.15) is 11.6 Å². The highest BCUT2D eigenvalue weighted by Crippen LogP contribution is 2.32. The van der Waals surface area contributed by atoms with E-state index in [0.29, 0.717) is 6.54 Å². The number of methoxy groups -OCH3 is 1. The van der Waals surface area contributed by atoms with E-state index >= 15 is 0 Å². The number of amides is 1. The van der Waals surface area contributed by atoms with Gasteiger partial charge in [-0.25, -0.2) is 4.98 Å². The molecule has 0 radical (unpaired) electrons. The van der Waals surface area contributed by atoms with Gasteiger partial charge in [0.25, 0.3) is 5.91 Å². The number of rotatable bonds is 2. The lowest BCUT2D eigenvalue weighted by Gasteiger charge is -2.15. The van der Waals surface area contributed by atoms with E-state index in [0.717, 1.165) is 39.3 Å². The summed E-state index contributed by atoms with van der Waals surface area (Å²) in [7, 11) is 1.64. The van der Waals surface area contributed by atoms with E-state index in [2.05, 4.69) is 6.07 Å². The molecule has 1 amide bonds. The topological polar surface area (TPSA) is 42.4 Å². The summed E-state index contributed by atoms with van der Waals surface area (Å²) >= 11 is 1.46. The molecule has 0 atom stereocenters. The Labute approximate surface area is 132 Å². The number of carbonyl (C=O) groups excluding carboxylic acids is 1. The minimum atomic E-state index is 0.0310. The van der Waals surface area contributed by atoms with E-state index in [-0.39, 0.29) is 5.91 Å². The van der Waals surface area contributed by atoms with Crippen molar-refractivity contribution in [1.29, 1.82) is 0 Å². The Morgan fingerprint density at radius 1 is 1.32 bits per heavy atom. The summed E-state index contributed by atoms with van der Waals surface area (Å²) in [5.41, 5.74) is 1.98. The quantitative estimate of drug-likeness (QED) is 0.727. The molecule has 0 bridgehead atoms. The van der Waals surface area contributed by atoms with Gasteiger partial charge < -0.3 is 4.74 Å². The predicted molar refractivity (Wildman–Crippen MR) is 88.0 cm³/mol.